The Morgan fingerprint density at radius 1 is 1.33 bits per heavy atom. The topological polar surface area (TPSA) is 43.4 Å². The summed E-state index contributed by atoms with van der Waals surface area (Å²) in [5, 5.41) is -0.0916. The highest BCUT2D eigenvalue weighted by Crippen LogP contribution is 2.30. The van der Waals surface area contributed by atoms with Crippen LogP contribution >= 0.6 is 11.8 Å². The van der Waals surface area contributed by atoms with Crippen molar-refractivity contribution in [1.82, 2.24) is 0 Å². The Morgan fingerprint density at radius 3 is 2.40 bits per heavy atom. The lowest BCUT2D eigenvalue weighted by Crippen LogP contribution is -2.10. The minimum atomic E-state index is -0.222. The van der Waals surface area contributed by atoms with Gasteiger partial charge in [-0.15, -0.1) is 0 Å². The molecule has 0 aromatic rings. The normalized spacial score (nSPS) is 16.7. The quantitative estimate of drug-likeness (QED) is 0.423. The number of carbonyl (C=O) groups is 2. The van der Waals surface area contributed by atoms with E-state index >= 15 is 0 Å². The predicted molar refractivity (Wildman–Crippen MR) is 60.3 cm³/mol. The average molecular weight is 228 g/mol. The Kier molecular flexibility index (Phi) is 3.97. The predicted octanol–water partition coefficient (Wildman–Crippen LogP) is 2.51. The lowest BCUT2D eigenvalue weighted by molar-refractivity contribution is -0.139. The molecule has 1 rings (SSSR count). The van der Waals surface area contributed by atoms with Crippen LogP contribution in [0, 0.1) is 5.92 Å². The summed E-state index contributed by atoms with van der Waals surface area (Å²) in [4.78, 5) is 22.4. The van der Waals surface area contributed by atoms with Crippen LogP contribution in [0.2, 0.25) is 0 Å². The van der Waals surface area contributed by atoms with Gasteiger partial charge < -0.3 is 4.74 Å². The van der Waals surface area contributed by atoms with E-state index in [1.54, 1.807) is 0 Å². The molecule has 1 aliphatic carbocycles. The summed E-state index contributed by atoms with van der Waals surface area (Å²) in [6.07, 6.45) is 4.33. The second-order valence-electron chi connectivity index (χ2n) is 4.55. The van der Waals surface area contributed by atoms with E-state index in [1.807, 2.05) is 20.8 Å². The molecule has 0 heterocycles. The Morgan fingerprint density at radius 2 is 1.93 bits per heavy atom. The third-order valence-electron chi connectivity index (χ3n) is 1.71. The number of hydrogen-bond acceptors (Lipinski definition) is 4. The van der Waals surface area contributed by atoms with Crippen LogP contribution < -0.4 is 0 Å². The fourth-order valence-corrected chi connectivity index (χ4v) is 1.63. The number of rotatable bonds is 3. The maximum absolute atomic E-state index is 11.3. The molecule has 1 aliphatic rings. The maximum atomic E-state index is 11.3. The van der Waals surface area contributed by atoms with Gasteiger partial charge in [-0.3, -0.25) is 9.59 Å². The molecule has 3 nitrogen and oxygen atoms in total. The largest absolute Gasteiger partial charge is 0.434 e. The van der Waals surface area contributed by atoms with E-state index < -0.39 is 0 Å². The molecular formula is C11H16O3S. The molecule has 0 aliphatic heterocycles. The molecule has 1 fully saturated rings. The SMILES string of the molecule is CC(C)(C)SC(=O)/C=C/OC(=O)C1CC1. The van der Waals surface area contributed by atoms with Crippen LogP contribution in [-0.4, -0.2) is 15.8 Å². The van der Waals surface area contributed by atoms with Gasteiger partial charge in [0, 0.05) is 10.8 Å². The van der Waals surface area contributed by atoms with Gasteiger partial charge in [0.15, 0.2) is 0 Å². The number of hydrogen-bond donors (Lipinski definition) is 0. The first kappa shape index (κ1) is 12.3. The second kappa shape index (κ2) is 4.84. The van der Waals surface area contributed by atoms with Crippen LogP contribution in [0.1, 0.15) is 33.6 Å². The van der Waals surface area contributed by atoms with Crippen LogP contribution in [0.5, 0.6) is 0 Å². The number of thioether (sulfide) groups is 1. The van der Waals surface area contributed by atoms with Crippen molar-refractivity contribution in [1.29, 1.82) is 0 Å². The second-order valence-corrected chi connectivity index (χ2v) is 6.38. The molecule has 0 bridgehead atoms. The van der Waals surface area contributed by atoms with Gasteiger partial charge in [-0.05, 0) is 12.8 Å². The first-order chi connectivity index (χ1) is 6.88. The van der Waals surface area contributed by atoms with E-state index in [-0.39, 0.29) is 21.7 Å². The Balaban J connectivity index is 2.24. The van der Waals surface area contributed by atoms with Gasteiger partial charge in [0.05, 0.1) is 12.2 Å². The molecule has 0 atom stereocenters. The van der Waals surface area contributed by atoms with Crippen molar-refractivity contribution in [2.75, 3.05) is 0 Å². The minimum absolute atomic E-state index is 0.0695. The highest BCUT2D eigenvalue weighted by atomic mass is 32.2. The van der Waals surface area contributed by atoms with E-state index in [0.717, 1.165) is 12.8 Å². The first-order valence-electron chi connectivity index (χ1n) is 4.98. The highest BCUT2D eigenvalue weighted by Gasteiger charge is 2.30. The van der Waals surface area contributed by atoms with Gasteiger partial charge in [0.25, 0.3) is 0 Å². The third-order valence-corrected chi connectivity index (χ3v) is 2.66. The van der Waals surface area contributed by atoms with Crippen LogP contribution in [0.4, 0.5) is 0 Å². The van der Waals surface area contributed by atoms with E-state index in [4.69, 9.17) is 4.74 Å². The average Bonchev–Trinajstić information content (AvgIpc) is 2.81. The van der Waals surface area contributed by atoms with Gasteiger partial charge in [-0.25, -0.2) is 0 Å². The molecular weight excluding hydrogens is 212 g/mol. The van der Waals surface area contributed by atoms with Crippen molar-refractivity contribution in [3.05, 3.63) is 12.3 Å². The molecule has 15 heavy (non-hydrogen) atoms. The molecule has 0 spiro atoms. The maximum Gasteiger partial charge on any atom is 0.313 e. The van der Waals surface area contributed by atoms with E-state index in [9.17, 15) is 9.59 Å². The monoisotopic (exact) mass is 228 g/mol. The molecule has 0 saturated heterocycles. The van der Waals surface area contributed by atoms with Gasteiger partial charge in [-0.2, -0.15) is 0 Å². The molecule has 0 aromatic heterocycles. The number of carbonyl (C=O) groups excluding carboxylic acids is 2. The lowest BCUT2D eigenvalue weighted by Gasteiger charge is -2.14. The zero-order valence-corrected chi connectivity index (χ0v) is 10.1. The summed E-state index contributed by atoms with van der Waals surface area (Å²) in [5.74, 6) is -0.153. The molecule has 4 heteroatoms. The summed E-state index contributed by atoms with van der Waals surface area (Å²) in [5.41, 5.74) is 0. The van der Waals surface area contributed by atoms with Crippen molar-refractivity contribution in [3.63, 3.8) is 0 Å². The number of esters is 1. The first-order valence-corrected chi connectivity index (χ1v) is 5.80. The summed E-state index contributed by atoms with van der Waals surface area (Å²) in [6, 6.07) is 0. The van der Waals surface area contributed by atoms with E-state index in [1.165, 1.54) is 24.1 Å². The molecule has 0 N–H and O–H groups in total. The zero-order valence-electron chi connectivity index (χ0n) is 9.28. The zero-order chi connectivity index (χ0) is 11.5. The van der Waals surface area contributed by atoms with Gasteiger partial charge in [-0.1, -0.05) is 32.5 Å². The Bertz CT molecular complexity index is 285. The Labute approximate surface area is 94.3 Å². The van der Waals surface area contributed by atoms with Gasteiger partial charge in [0.1, 0.15) is 0 Å². The Hall–Kier alpha value is -0.770. The summed E-state index contributed by atoms with van der Waals surface area (Å²) < 4.78 is 4.69. The fourth-order valence-electron chi connectivity index (χ4n) is 0.908. The van der Waals surface area contributed by atoms with Crippen molar-refractivity contribution in [2.24, 2.45) is 5.92 Å². The minimum Gasteiger partial charge on any atom is -0.434 e. The summed E-state index contributed by atoms with van der Waals surface area (Å²) >= 11 is 1.22. The third kappa shape index (κ3) is 5.62. The number of ether oxygens (including phenoxy) is 1. The molecule has 0 amide bonds. The fraction of sp³-hybridized carbons (Fsp3) is 0.636. The van der Waals surface area contributed by atoms with Crippen LogP contribution in [0.15, 0.2) is 12.3 Å². The van der Waals surface area contributed by atoms with Crippen molar-refractivity contribution >= 4 is 22.8 Å². The van der Waals surface area contributed by atoms with E-state index in [2.05, 4.69) is 0 Å². The smallest absolute Gasteiger partial charge is 0.313 e. The molecule has 84 valence electrons. The molecule has 1 saturated carbocycles. The highest BCUT2D eigenvalue weighted by molar-refractivity contribution is 8.15. The van der Waals surface area contributed by atoms with Crippen LogP contribution in [0.3, 0.4) is 0 Å². The molecule has 0 unspecified atom stereocenters. The standard InChI is InChI=1S/C11H16O3S/c1-11(2,3)15-9(12)6-7-14-10(13)8-4-5-8/h6-8H,4-5H2,1-3H3/b7-6+. The van der Waals surface area contributed by atoms with Gasteiger partial charge >= 0.3 is 5.97 Å². The van der Waals surface area contributed by atoms with Crippen molar-refractivity contribution in [3.8, 4) is 0 Å². The summed E-state index contributed by atoms with van der Waals surface area (Å²) in [7, 11) is 0. The lowest BCUT2D eigenvalue weighted by atomic mass is 10.3. The molecule has 0 aromatic carbocycles. The van der Waals surface area contributed by atoms with E-state index in [0.29, 0.717) is 0 Å². The van der Waals surface area contributed by atoms with Crippen LogP contribution in [0.25, 0.3) is 0 Å². The van der Waals surface area contributed by atoms with Crippen LogP contribution in [-0.2, 0) is 14.3 Å². The van der Waals surface area contributed by atoms with Crippen molar-refractivity contribution < 1.29 is 14.3 Å². The van der Waals surface area contributed by atoms with Crippen molar-refractivity contribution in [2.45, 2.75) is 38.4 Å². The summed E-state index contributed by atoms with van der Waals surface area (Å²) in [6.45, 7) is 5.87. The molecule has 0 radical (unpaired) electrons. The van der Waals surface area contributed by atoms with Gasteiger partial charge in [0.2, 0.25) is 5.12 Å².